The average Bonchev–Trinajstić information content (AvgIpc) is 3.47. The van der Waals surface area contributed by atoms with Crippen LogP contribution in [0.4, 0.5) is 0 Å². The first-order chi connectivity index (χ1) is 16.0. The molecule has 1 aliphatic carbocycles. The highest BCUT2D eigenvalue weighted by atomic mass is 35.5. The summed E-state index contributed by atoms with van der Waals surface area (Å²) in [6, 6.07) is 7.46. The first-order valence-corrected chi connectivity index (χ1v) is 11.7. The van der Waals surface area contributed by atoms with Crippen molar-refractivity contribution < 1.29 is 9.59 Å². The van der Waals surface area contributed by atoms with Crippen molar-refractivity contribution in [2.45, 2.75) is 25.8 Å². The van der Waals surface area contributed by atoms with Gasteiger partial charge in [-0.1, -0.05) is 30.7 Å². The predicted molar refractivity (Wildman–Crippen MR) is 127 cm³/mol. The van der Waals surface area contributed by atoms with E-state index < -0.39 is 5.92 Å². The summed E-state index contributed by atoms with van der Waals surface area (Å²) in [5.74, 6) is -0.548. The molecule has 3 aliphatic rings. The molecule has 0 saturated carbocycles. The number of hydrogen-bond acceptors (Lipinski definition) is 5. The number of carbonyl (C=O) groups is 2. The van der Waals surface area contributed by atoms with Gasteiger partial charge in [-0.05, 0) is 49.2 Å². The summed E-state index contributed by atoms with van der Waals surface area (Å²) in [5.41, 5.74) is 2.93. The predicted octanol–water partition coefficient (Wildman–Crippen LogP) is 3.04. The van der Waals surface area contributed by atoms with Crippen LogP contribution in [0, 0.1) is 5.92 Å². The second-order valence-electron chi connectivity index (χ2n) is 8.54. The standard InChI is InChI=1S/C25H26ClN5O2/c1-2-31-13-9-17(10-14-31)29-19-8-7-18-21(23(19)32)22(25(33)30-18)20(24-27-11-12-28-24)15-3-5-16(26)6-4-15/h3-8,11-12,17,21,29H,2,9-10,13-14H2,1H3,(H,27,28)(H,30,33). The fourth-order valence-electron chi connectivity index (χ4n) is 4.81. The third kappa shape index (κ3) is 4.14. The van der Waals surface area contributed by atoms with Crippen molar-refractivity contribution in [2.75, 3.05) is 19.6 Å². The van der Waals surface area contributed by atoms with E-state index in [1.807, 2.05) is 18.2 Å². The van der Waals surface area contributed by atoms with Crippen molar-refractivity contribution in [1.82, 2.24) is 25.5 Å². The van der Waals surface area contributed by atoms with Crippen molar-refractivity contribution in [1.29, 1.82) is 0 Å². The van der Waals surface area contributed by atoms with Gasteiger partial charge < -0.3 is 20.5 Å². The van der Waals surface area contributed by atoms with Crippen LogP contribution < -0.4 is 10.6 Å². The Bertz CT molecular complexity index is 1160. The van der Waals surface area contributed by atoms with Crippen LogP contribution in [0.15, 0.2) is 65.8 Å². The highest BCUT2D eigenvalue weighted by Gasteiger charge is 2.43. The molecule has 7 nitrogen and oxygen atoms in total. The zero-order chi connectivity index (χ0) is 22.9. The molecule has 5 rings (SSSR count). The second-order valence-corrected chi connectivity index (χ2v) is 8.98. The molecular formula is C25H26ClN5O2. The maximum Gasteiger partial charge on any atom is 0.253 e. The lowest BCUT2D eigenvalue weighted by Gasteiger charge is -2.33. The molecule has 170 valence electrons. The van der Waals surface area contributed by atoms with Crippen LogP contribution in [-0.4, -0.2) is 52.2 Å². The summed E-state index contributed by atoms with van der Waals surface area (Å²) in [7, 11) is 0. The minimum Gasteiger partial charge on any atom is -0.379 e. The molecule has 2 aliphatic heterocycles. The molecule has 0 spiro atoms. The van der Waals surface area contributed by atoms with Crippen molar-refractivity contribution >= 4 is 28.9 Å². The monoisotopic (exact) mass is 463 g/mol. The van der Waals surface area contributed by atoms with Gasteiger partial charge in [0.25, 0.3) is 5.91 Å². The number of hydrogen-bond donors (Lipinski definition) is 3. The molecule has 2 saturated heterocycles. The van der Waals surface area contributed by atoms with E-state index in [2.05, 4.69) is 32.4 Å². The number of aromatic amines is 1. The third-order valence-electron chi connectivity index (χ3n) is 6.59. The summed E-state index contributed by atoms with van der Waals surface area (Å²) in [4.78, 5) is 36.7. The zero-order valence-corrected chi connectivity index (χ0v) is 19.2. The molecule has 8 heteroatoms. The van der Waals surface area contributed by atoms with E-state index in [1.54, 1.807) is 30.6 Å². The van der Waals surface area contributed by atoms with Crippen molar-refractivity contribution in [3.05, 3.63) is 82.2 Å². The number of H-pyrrole nitrogens is 1. The van der Waals surface area contributed by atoms with Crippen LogP contribution in [-0.2, 0) is 9.59 Å². The lowest BCUT2D eigenvalue weighted by molar-refractivity contribution is -0.119. The van der Waals surface area contributed by atoms with Crippen LogP contribution in [0.1, 0.15) is 31.2 Å². The minimum atomic E-state index is -0.698. The van der Waals surface area contributed by atoms with Gasteiger partial charge in [-0.3, -0.25) is 9.59 Å². The highest BCUT2D eigenvalue weighted by molar-refractivity contribution is 6.30. The Morgan fingerprint density at radius 3 is 2.61 bits per heavy atom. The molecule has 2 fully saturated rings. The number of halogens is 1. The van der Waals surface area contributed by atoms with Crippen LogP contribution in [0.25, 0.3) is 5.57 Å². The zero-order valence-electron chi connectivity index (χ0n) is 18.4. The number of rotatable bonds is 5. The minimum absolute atomic E-state index is 0.100. The number of ketones is 1. The van der Waals surface area contributed by atoms with Gasteiger partial charge in [0.05, 0.1) is 11.6 Å². The third-order valence-corrected chi connectivity index (χ3v) is 6.84. The van der Waals surface area contributed by atoms with Gasteiger partial charge in [-0.25, -0.2) is 4.98 Å². The first kappa shape index (κ1) is 21.7. The number of likely N-dealkylation sites (tertiary alicyclic amines) is 1. The van der Waals surface area contributed by atoms with E-state index in [1.165, 1.54) is 0 Å². The molecule has 1 unspecified atom stereocenters. The Hall–Kier alpha value is -3.16. The lowest BCUT2D eigenvalue weighted by Crippen LogP contribution is -2.44. The van der Waals surface area contributed by atoms with Gasteiger partial charge in [0.1, 0.15) is 5.82 Å². The Labute approximate surface area is 197 Å². The van der Waals surface area contributed by atoms with Crippen LogP contribution >= 0.6 is 11.6 Å². The summed E-state index contributed by atoms with van der Waals surface area (Å²) in [5, 5.41) is 6.95. The first-order valence-electron chi connectivity index (χ1n) is 11.3. The largest absolute Gasteiger partial charge is 0.379 e. The molecule has 2 aromatic rings. The van der Waals surface area contributed by atoms with Crippen molar-refractivity contribution in [3.8, 4) is 0 Å². The molecule has 1 amide bonds. The smallest absolute Gasteiger partial charge is 0.253 e. The van der Waals surface area contributed by atoms with E-state index in [0.717, 1.165) is 38.0 Å². The highest BCUT2D eigenvalue weighted by Crippen LogP contribution is 2.39. The Balaban J connectivity index is 1.50. The number of nitrogens with zero attached hydrogens (tertiary/aromatic N) is 2. The normalized spacial score (nSPS) is 23.0. The van der Waals surface area contributed by atoms with E-state index in [9.17, 15) is 9.59 Å². The Kier molecular flexibility index (Phi) is 5.91. The quantitative estimate of drug-likeness (QED) is 0.593. The number of amides is 1. The van der Waals surface area contributed by atoms with Crippen LogP contribution in [0.2, 0.25) is 5.02 Å². The SMILES string of the molecule is CCN1CCC(NC2=CC=C3NC(=O)C(=C(c4ccc(Cl)cc4)c4ncc[nH]4)C3C2=O)CC1. The molecule has 1 aromatic carbocycles. The van der Waals surface area contributed by atoms with E-state index in [4.69, 9.17) is 11.6 Å². The lowest BCUT2D eigenvalue weighted by atomic mass is 9.84. The molecule has 1 aromatic heterocycles. The number of aromatic nitrogens is 2. The van der Waals surface area contributed by atoms with Gasteiger partial charge in [0, 0.05) is 53.4 Å². The second kappa shape index (κ2) is 9.00. The van der Waals surface area contributed by atoms with E-state index >= 15 is 0 Å². The Morgan fingerprint density at radius 1 is 1.18 bits per heavy atom. The number of nitrogens with one attached hydrogen (secondary N) is 3. The number of allylic oxidation sites excluding steroid dienone is 4. The summed E-state index contributed by atoms with van der Waals surface area (Å²) >= 11 is 6.09. The topological polar surface area (TPSA) is 90.1 Å². The summed E-state index contributed by atoms with van der Waals surface area (Å²) < 4.78 is 0. The summed E-state index contributed by atoms with van der Waals surface area (Å²) in [6.07, 6.45) is 8.94. The molecule has 3 heterocycles. The number of fused-ring (bicyclic) bond motifs is 1. The number of carbonyl (C=O) groups excluding carboxylic acids is 2. The number of benzene rings is 1. The number of piperidine rings is 1. The van der Waals surface area contributed by atoms with Gasteiger partial charge >= 0.3 is 0 Å². The number of Topliss-reactive ketones (excluding diaryl/α,β-unsaturated/α-hetero) is 1. The molecule has 33 heavy (non-hydrogen) atoms. The maximum absolute atomic E-state index is 13.7. The summed E-state index contributed by atoms with van der Waals surface area (Å²) in [6.45, 7) is 5.25. The van der Waals surface area contributed by atoms with Crippen molar-refractivity contribution in [2.24, 2.45) is 5.92 Å². The molecule has 3 N–H and O–H groups in total. The average molecular weight is 464 g/mol. The fourth-order valence-corrected chi connectivity index (χ4v) is 4.93. The van der Waals surface area contributed by atoms with E-state index in [0.29, 0.717) is 33.4 Å². The van der Waals surface area contributed by atoms with Crippen molar-refractivity contribution in [3.63, 3.8) is 0 Å². The number of imidazole rings is 1. The van der Waals surface area contributed by atoms with Crippen LogP contribution in [0.5, 0.6) is 0 Å². The van der Waals surface area contributed by atoms with Gasteiger partial charge in [0.2, 0.25) is 0 Å². The fraction of sp³-hybridized carbons (Fsp3) is 0.320. The molecule has 1 atom stereocenters. The molecule has 0 radical (unpaired) electrons. The van der Waals surface area contributed by atoms with E-state index in [-0.39, 0.29) is 17.7 Å². The molecular weight excluding hydrogens is 438 g/mol. The molecule has 0 bridgehead atoms. The van der Waals surface area contributed by atoms with Gasteiger partial charge in [0.15, 0.2) is 5.78 Å². The van der Waals surface area contributed by atoms with Gasteiger partial charge in [-0.2, -0.15) is 0 Å². The van der Waals surface area contributed by atoms with Gasteiger partial charge in [-0.15, -0.1) is 0 Å². The van der Waals surface area contributed by atoms with Crippen LogP contribution in [0.3, 0.4) is 0 Å². The Morgan fingerprint density at radius 2 is 1.94 bits per heavy atom. The maximum atomic E-state index is 13.7.